The van der Waals surface area contributed by atoms with E-state index in [-0.39, 0.29) is 0 Å². The molecule has 0 radical (unpaired) electrons. The van der Waals surface area contributed by atoms with Gasteiger partial charge in [0.05, 0.1) is 6.61 Å². The van der Waals surface area contributed by atoms with Crippen molar-refractivity contribution >= 4 is 6.16 Å². The lowest BCUT2D eigenvalue weighted by molar-refractivity contribution is 0.00830. The number of carbonyl (C=O) groups excluding carboxylic acids is 1. The minimum Gasteiger partial charge on any atom is -0.434 e. The van der Waals surface area contributed by atoms with Crippen molar-refractivity contribution in [2.24, 2.45) is 0 Å². The predicted molar refractivity (Wildman–Crippen MR) is 88.6 cm³/mol. The fourth-order valence-corrected chi connectivity index (χ4v) is 2.18. The summed E-state index contributed by atoms with van der Waals surface area (Å²) < 4.78 is 9.81. The second-order valence-electron chi connectivity index (χ2n) is 6.36. The molecule has 0 amide bonds. The van der Waals surface area contributed by atoms with Crippen molar-refractivity contribution in [2.45, 2.75) is 97.0 Å². The molecule has 0 aliphatic rings. The Balaban J connectivity index is 3.27. The molecular formula is C18H33NO3. The Labute approximate surface area is 136 Å². The average Bonchev–Trinajstić information content (AvgIpc) is 2.48. The van der Waals surface area contributed by atoms with Gasteiger partial charge in [0.2, 0.25) is 0 Å². The molecule has 0 saturated carbocycles. The Hall–Kier alpha value is -1.24. The highest BCUT2D eigenvalue weighted by molar-refractivity contribution is 5.60. The predicted octanol–water partition coefficient (Wildman–Crippen LogP) is 5.75. The Morgan fingerprint density at radius 1 is 0.909 bits per heavy atom. The summed E-state index contributed by atoms with van der Waals surface area (Å²) in [5.74, 6) is 0. The van der Waals surface area contributed by atoms with Crippen LogP contribution in [0.2, 0.25) is 0 Å². The average molecular weight is 311 g/mol. The lowest BCUT2D eigenvalue weighted by Gasteiger charge is -2.15. The standard InChI is InChI=1S/C18H33NO3/c1-4-5-6-7-8-9-10-11-12-13-14-15-21-17(20)22-18(2,3)16-19/h4-15H2,1-3H3. The number of unbranched alkanes of at least 4 members (excludes halogenated alkanes) is 10. The summed E-state index contributed by atoms with van der Waals surface area (Å²) >= 11 is 0. The van der Waals surface area contributed by atoms with Crippen LogP contribution in [0.5, 0.6) is 0 Å². The first kappa shape index (κ1) is 20.8. The third-order valence-electron chi connectivity index (χ3n) is 3.58. The van der Waals surface area contributed by atoms with Crippen molar-refractivity contribution in [3.8, 4) is 6.07 Å². The van der Waals surface area contributed by atoms with Gasteiger partial charge in [0.25, 0.3) is 0 Å². The molecular weight excluding hydrogens is 278 g/mol. The topological polar surface area (TPSA) is 59.3 Å². The molecule has 0 heterocycles. The molecule has 0 N–H and O–H groups in total. The van der Waals surface area contributed by atoms with Gasteiger partial charge in [-0.25, -0.2) is 4.79 Å². The monoisotopic (exact) mass is 311 g/mol. The first-order valence-corrected chi connectivity index (χ1v) is 8.79. The molecule has 4 heteroatoms. The number of ether oxygens (including phenoxy) is 2. The van der Waals surface area contributed by atoms with E-state index in [0.717, 1.165) is 12.8 Å². The second kappa shape index (κ2) is 13.4. The van der Waals surface area contributed by atoms with Crippen molar-refractivity contribution in [1.29, 1.82) is 5.26 Å². The van der Waals surface area contributed by atoms with E-state index in [1.54, 1.807) is 0 Å². The Bertz CT molecular complexity index is 321. The van der Waals surface area contributed by atoms with E-state index in [1.807, 2.05) is 6.07 Å². The van der Waals surface area contributed by atoms with E-state index in [9.17, 15) is 4.79 Å². The van der Waals surface area contributed by atoms with Crippen LogP contribution >= 0.6 is 0 Å². The maximum atomic E-state index is 11.3. The quantitative estimate of drug-likeness (QED) is 0.321. The van der Waals surface area contributed by atoms with Crippen molar-refractivity contribution in [3.63, 3.8) is 0 Å². The number of nitriles is 1. The van der Waals surface area contributed by atoms with Gasteiger partial charge in [0.15, 0.2) is 5.60 Å². The molecule has 0 spiro atoms. The van der Waals surface area contributed by atoms with Crippen molar-refractivity contribution < 1.29 is 14.3 Å². The molecule has 0 aliphatic carbocycles. The summed E-state index contributed by atoms with van der Waals surface area (Å²) in [6.45, 7) is 5.69. The van der Waals surface area contributed by atoms with E-state index in [2.05, 4.69) is 6.92 Å². The third-order valence-corrected chi connectivity index (χ3v) is 3.58. The molecule has 0 rings (SSSR count). The fourth-order valence-electron chi connectivity index (χ4n) is 2.18. The maximum Gasteiger partial charge on any atom is 0.509 e. The summed E-state index contributed by atoms with van der Waals surface area (Å²) in [5, 5.41) is 8.73. The van der Waals surface area contributed by atoms with Gasteiger partial charge in [0.1, 0.15) is 6.07 Å². The van der Waals surface area contributed by atoms with Gasteiger partial charge in [-0.3, -0.25) is 0 Å². The summed E-state index contributed by atoms with van der Waals surface area (Å²) in [7, 11) is 0. The number of rotatable bonds is 13. The van der Waals surface area contributed by atoms with Crippen molar-refractivity contribution in [3.05, 3.63) is 0 Å². The molecule has 128 valence electrons. The van der Waals surface area contributed by atoms with Crippen molar-refractivity contribution in [1.82, 2.24) is 0 Å². The molecule has 0 unspecified atom stereocenters. The third kappa shape index (κ3) is 13.7. The SMILES string of the molecule is CCCCCCCCCCCCCOC(=O)OC(C)(C)C#N. The van der Waals surface area contributed by atoms with Crippen LogP contribution in [-0.4, -0.2) is 18.4 Å². The van der Waals surface area contributed by atoms with Crippen LogP contribution in [0, 0.1) is 11.3 Å². The minimum absolute atomic E-state index is 0.372. The molecule has 0 aromatic carbocycles. The van der Waals surface area contributed by atoms with Crippen LogP contribution in [-0.2, 0) is 9.47 Å². The zero-order chi connectivity index (χ0) is 16.7. The number of carbonyl (C=O) groups is 1. The van der Waals surface area contributed by atoms with Gasteiger partial charge in [0, 0.05) is 0 Å². The van der Waals surface area contributed by atoms with Crippen LogP contribution in [0.25, 0.3) is 0 Å². The normalized spacial score (nSPS) is 11.0. The van der Waals surface area contributed by atoms with Gasteiger partial charge < -0.3 is 9.47 Å². The minimum atomic E-state index is -1.12. The van der Waals surface area contributed by atoms with Gasteiger partial charge >= 0.3 is 6.16 Å². The maximum absolute atomic E-state index is 11.3. The van der Waals surface area contributed by atoms with Crippen LogP contribution in [0.4, 0.5) is 4.79 Å². The molecule has 0 atom stereocenters. The highest BCUT2D eigenvalue weighted by Crippen LogP contribution is 2.12. The Kier molecular flexibility index (Phi) is 12.7. The summed E-state index contributed by atoms with van der Waals surface area (Å²) in [6.07, 6.45) is 13.1. The first-order chi connectivity index (χ1) is 10.5. The molecule has 0 aliphatic heterocycles. The highest BCUT2D eigenvalue weighted by atomic mass is 16.7. The molecule has 0 bridgehead atoms. The lowest BCUT2D eigenvalue weighted by Crippen LogP contribution is -2.26. The molecule has 0 fully saturated rings. The van der Waals surface area contributed by atoms with E-state index in [1.165, 1.54) is 71.6 Å². The Morgan fingerprint density at radius 3 is 1.82 bits per heavy atom. The molecule has 4 nitrogen and oxygen atoms in total. The first-order valence-electron chi connectivity index (χ1n) is 8.79. The van der Waals surface area contributed by atoms with Crippen molar-refractivity contribution in [2.75, 3.05) is 6.61 Å². The van der Waals surface area contributed by atoms with Crippen LogP contribution in [0.15, 0.2) is 0 Å². The largest absolute Gasteiger partial charge is 0.509 e. The summed E-state index contributed by atoms with van der Waals surface area (Å²) in [5.41, 5.74) is -1.12. The number of nitrogens with zero attached hydrogens (tertiary/aromatic N) is 1. The molecule has 0 aromatic rings. The second-order valence-corrected chi connectivity index (χ2v) is 6.36. The number of hydrogen-bond acceptors (Lipinski definition) is 4. The molecule has 0 saturated heterocycles. The van der Waals surface area contributed by atoms with Gasteiger partial charge in [-0.1, -0.05) is 71.1 Å². The summed E-state index contributed by atoms with van der Waals surface area (Å²) in [6, 6.07) is 1.90. The van der Waals surface area contributed by atoms with Gasteiger partial charge in [-0.05, 0) is 20.3 Å². The van der Waals surface area contributed by atoms with Crippen LogP contribution in [0.3, 0.4) is 0 Å². The molecule has 0 aromatic heterocycles. The zero-order valence-electron chi connectivity index (χ0n) is 14.7. The zero-order valence-corrected chi connectivity index (χ0v) is 14.7. The lowest BCUT2D eigenvalue weighted by atomic mass is 10.1. The summed E-state index contributed by atoms with van der Waals surface area (Å²) in [4.78, 5) is 11.3. The van der Waals surface area contributed by atoms with Gasteiger partial charge in [-0.2, -0.15) is 5.26 Å². The van der Waals surface area contributed by atoms with Crippen LogP contribution in [0.1, 0.15) is 91.4 Å². The van der Waals surface area contributed by atoms with Gasteiger partial charge in [-0.15, -0.1) is 0 Å². The smallest absolute Gasteiger partial charge is 0.434 e. The fraction of sp³-hybridized carbons (Fsp3) is 0.889. The molecule has 22 heavy (non-hydrogen) atoms. The highest BCUT2D eigenvalue weighted by Gasteiger charge is 2.22. The van der Waals surface area contributed by atoms with E-state index in [4.69, 9.17) is 14.7 Å². The van der Waals surface area contributed by atoms with E-state index in [0.29, 0.717) is 6.61 Å². The number of hydrogen-bond donors (Lipinski definition) is 0. The Morgan fingerprint density at radius 2 is 1.36 bits per heavy atom. The van der Waals surface area contributed by atoms with E-state index >= 15 is 0 Å². The van der Waals surface area contributed by atoms with E-state index < -0.39 is 11.8 Å². The van der Waals surface area contributed by atoms with Crippen LogP contribution < -0.4 is 0 Å².